The third-order valence-corrected chi connectivity index (χ3v) is 5.02. The number of halogens is 1. The molecule has 0 aliphatic carbocycles. The Morgan fingerprint density at radius 1 is 1.67 bits per heavy atom. The van der Waals surface area contributed by atoms with Gasteiger partial charge in [0.15, 0.2) is 5.06 Å². The second-order valence-electron chi connectivity index (χ2n) is 4.47. The van der Waals surface area contributed by atoms with Gasteiger partial charge in [0.2, 0.25) is 0 Å². The average Bonchev–Trinajstić information content (AvgIpc) is 2.72. The van der Waals surface area contributed by atoms with Crippen molar-refractivity contribution in [1.29, 1.82) is 0 Å². The number of nitrogens with zero attached hydrogens (tertiary/aromatic N) is 1. The van der Waals surface area contributed by atoms with Gasteiger partial charge in [-0.3, -0.25) is 4.90 Å². The van der Waals surface area contributed by atoms with Gasteiger partial charge in [-0.05, 0) is 28.9 Å². The number of aliphatic hydroxyl groups is 1. The zero-order valence-electron chi connectivity index (χ0n) is 10.6. The maximum absolute atomic E-state index is 9.17. The molecule has 6 heteroatoms. The molecule has 0 spiro atoms. The Bertz CT molecular complexity index is 399. The van der Waals surface area contributed by atoms with Crippen LogP contribution >= 0.6 is 27.3 Å². The normalized spacial score (nSPS) is 25.3. The molecule has 1 N–H and O–H groups in total. The average molecular weight is 336 g/mol. The number of hydrogen-bond donors (Lipinski definition) is 1. The van der Waals surface area contributed by atoms with E-state index in [0.717, 1.165) is 22.6 Å². The van der Waals surface area contributed by atoms with E-state index in [0.29, 0.717) is 12.6 Å². The number of thiophene rings is 1. The van der Waals surface area contributed by atoms with E-state index in [1.807, 2.05) is 0 Å². The molecule has 1 fully saturated rings. The Hall–Kier alpha value is -0.140. The van der Waals surface area contributed by atoms with Crippen LogP contribution in [0.5, 0.6) is 5.06 Å². The first-order chi connectivity index (χ1) is 8.63. The molecule has 2 heterocycles. The lowest BCUT2D eigenvalue weighted by atomic mass is 10.2. The van der Waals surface area contributed by atoms with Crippen molar-refractivity contribution in [2.24, 2.45) is 0 Å². The molecule has 1 aromatic heterocycles. The van der Waals surface area contributed by atoms with Crippen molar-refractivity contribution in [3.63, 3.8) is 0 Å². The van der Waals surface area contributed by atoms with Crippen molar-refractivity contribution in [2.45, 2.75) is 25.6 Å². The Morgan fingerprint density at radius 2 is 2.44 bits per heavy atom. The van der Waals surface area contributed by atoms with Crippen LogP contribution in [0.3, 0.4) is 0 Å². The monoisotopic (exact) mass is 335 g/mol. The Labute approximate surface area is 120 Å². The zero-order valence-corrected chi connectivity index (χ0v) is 13.0. The highest BCUT2D eigenvalue weighted by Crippen LogP contribution is 2.35. The van der Waals surface area contributed by atoms with Crippen LogP contribution in [0.4, 0.5) is 0 Å². The summed E-state index contributed by atoms with van der Waals surface area (Å²) in [6, 6.07) is 2.47. The van der Waals surface area contributed by atoms with Crippen LogP contribution in [-0.2, 0) is 11.3 Å². The third-order valence-electron chi connectivity index (χ3n) is 3.09. The van der Waals surface area contributed by atoms with Gasteiger partial charge in [0, 0.05) is 24.0 Å². The minimum absolute atomic E-state index is 0.0634. The minimum Gasteiger partial charge on any atom is -0.486 e. The second kappa shape index (κ2) is 6.34. The zero-order chi connectivity index (χ0) is 13.1. The Kier molecular flexibility index (Phi) is 5.03. The van der Waals surface area contributed by atoms with E-state index in [9.17, 15) is 5.11 Å². The Balaban J connectivity index is 2.02. The van der Waals surface area contributed by atoms with Crippen molar-refractivity contribution in [2.75, 3.05) is 26.9 Å². The number of methoxy groups -OCH3 is 1. The van der Waals surface area contributed by atoms with Crippen LogP contribution in [0.2, 0.25) is 0 Å². The number of ether oxygens (including phenoxy) is 2. The molecule has 0 bridgehead atoms. The lowest BCUT2D eigenvalue weighted by Crippen LogP contribution is -2.48. The molecular weight excluding hydrogens is 318 g/mol. The molecule has 2 atom stereocenters. The molecule has 0 amide bonds. The van der Waals surface area contributed by atoms with Crippen molar-refractivity contribution in [3.05, 3.63) is 15.4 Å². The van der Waals surface area contributed by atoms with Gasteiger partial charge in [-0.2, -0.15) is 0 Å². The molecule has 0 radical (unpaired) electrons. The van der Waals surface area contributed by atoms with Crippen LogP contribution in [0.15, 0.2) is 10.5 Å². The fraction of sp³-hybridized carbons (Fsp3) is 0.667. The molecule has 1 saturated heterocycles. The quantitative estimate of drug-likeness (QED) is 0.914. The predicted octanol–water partition coefficient (Wildman–Crippen LogP) is 2.10. The molecule has 1 aliphatic rings. The van der Waals surface area contributed by atoms with Gasteiger partial charge in [-0.25, -0.2) is 0 Å². The van der Waals surface area contributed by atoms with Crippen LogP contribution in [0, 0.1) is 0 Å². The smallest absolute Gasteiger partial charge is 0.188 e. The van der Waals surface area contributed by atoms with E-state index in [2.05, 4.69) is 33.8 Å². The lowest BCUT2D eigenvalue weighted by molar-refractivity contribution is -0.0802. The van der Waals surface area contributed by atoms with Gasteiger partial charge in [-0.15, -0.1) is 11.3 Å². The molecule has 0 saturated carbocycles. The van der Waals surface area contributed by atoms with Crippen molar-refractivity contribution < 1.29 is 14.6 Å². The van der Waals surface area contributed by atoms with Crippen molar-refractivity contribution in [1.82, 2.24) is 4.90 Å². The molecule has 1 aromatic rings. The highest BCUT2D eigenvalue weighted by molar-refractivity contribution is 9.10. The van der Waals surface area contributed by atoms with Gasteiger partial charge < -0.3 is 14.6 Å². The topological polar surface area (TPSA) is 41.9 Å². The fourth-order valence-electron chi connectivity index (χ4n) is 2.02. The summed E-state index contributed by atoms with van der Waals surface area (Å²) in [5.41, 5.74) is 0. The van der Waals surface area contributed by atoms with E-state index >= 15 is 0 Å². The second-order valence-corrected chi connectivity index (χ2v) is 6.42. The summed E-state index contributed by atoms with van der Waals surface area (Å²) in [5, 5.41) is 10.1. The summed E-state index contributed by atoms with van der Waals surface area (Å²) >= 11 is 5.13. The van der Waals surface area contributed by atoms with E-state index < -0.39 is 0 Å². The largest absolute Gasteiger partial charge is 0.486 e. The predicted molar refractivity (Wildman–Crippen MR) is 75.3 cm³/mol. The summed E-state index contributed by atoms with van der Waals surface area (Å²) in [6.07, 6.45) is -0.0634. The van der Waals surface area contributed by atoms with E-state index in [1.165, 1.54) is 4.88 Å². The third kappa shape index (κ3) is 3.24. The summed E-state index contributed by atoms with van der Waals surface area (Å²) in [5.74, 6) is 0. The highest BCUT2D eigenvalue weighted by Gasteiger charge is 2.26. The molecule has 2 rings (SSSR count). The summed E-state index contributed by atoms with van der Waals surface area (Å²) in [6.45, 7) is 4.55. The first-order valence-electron chi connectivity index (χ1n) is 5.92. The molecule has 0 unspecified atom stereocenters. The Morgan fingerprint density at radius 3 is 3.06 bits per heavy atom. The molecule has 0 aromatic carbocycles. The van der Waals surface area contributed by atoms with E-state index in [1.54, 1.807) is 18.4 Å². The SMILES string of the molecule is COc1sc(CN2C[C@H](CO)OC[C@@H]2C)cc1Br. The van der Waals surface area contributed by atoms with Gasteiger partial charge >= 0.3 is 0 Å². The maximum atomic E-state index is 9.17. The number of rotatable bonds is 4. The molecule has 4 nitrogen and oxygen atoms in total. The standard InChI is InChI=1S/C12H18BrNO3S/c1-8-7-17-9(6-15)4-14(8)5-10-3-11(13)12(16-2)18-10/h3,8-9,15H,4-7H2,1-2H3/t8-,9+/m0/s1. The molecule has 102 valence electrons. The number of hydrogen-bond acceptors (Lipinski definition) is 5. The van der Waals surface area contributed by atoms with Crippen LogP contribution in [-0.4, -0.2) is 49.0 Å². The first-order valence-corrected chi connectivity index (χ1v) is 7.53. The molecule has 1 aliphatic heterocycles. The maximum Gasteiger partial charge on any atom is 0.188 e. The highest BCUT2D eigenvalue weighted by atomic mass is 79.9. The minimum atomic E-state index is -0.0634. The summed E-state index contributed by atoms with van der Waals surface area (Å²) in [7, 11) is 1.68. The van der Waals surface area contributed by atoms with Gasteiger partial charge in [0.25, 0.3) is 0 Å². The van der Waals surface area contributed by atoms with Crippen molar-refractivity contribution >= 4 is 27.3 Å². The van der Waals surface area contributed by atoms with Crippen LogP contribution in [0.1, 0.15) is 11.8 Å². The van der Waals surface area contributed by atoms with E-state index in [-0.39, 0.29) is 12.7 Å². The molecular formula is C12H18BrNO3S. The lowest BCUT2D eigenvalue weighted by Gasteiger charge is -2.37. The molecule has 18 heavy (non-hydrogen) atoms. The summed E-state index contributed by atoms with van der Waals surface area (Å²) < 4.78 is 11.8. The summed E-state index contributed by atoms with van der Waals surface area (Å²) in [4.78, 5) is 3.59. The van der Waals surface area contributed by atoms with Crippen LogP contribution < -0.4 is 4.74 Å². The fourth-order valence-corrected chi connectivity index (χ4v) is 3.74. The van der Waals surface area contributed by atoms with E-state index in [4.69, 9.17) is 9.47 Å². The van der Waals surface area contributed by atoms with Gasteiger partial charge in [-0.1, -0.05) is 0 Å². The van der Waals surface area contributed by atoms with Gasteiger partial charge in [0.1, 0.15) is 0 Å². The number of aliphatic hydroxyl groups excluding tert-OH is 1. The first kappa shape index (κ1) is 14.3. The van der Waals surface area contributed by atoms with Crippen molar-refractivity contribution in [3.8, 4) is 5.06 Å². The van der Waals surface area contributed by atoms with Gasteiger partial charge in [0.05, 0.1) is 30.9 Å². The van der Waals surface area contributed by atoms with Crippen LogP contribution in [0.25, 0.3) is 0 Å². The number of morpholine rings is 1.